The highest BCUT2D eigenvalue weighted by molar-refractivity contribution is 6.30. The van der Waals surface area contributed by atoms with Gasteiger partial charge in [0.15, 0.2) is 0 Å². The minimum absolute atomic E-state index is 0.552. The van der Waals surface area contributed by atoms with E-state index < -0.39 is 0 Å². The van der Waals surface area contributed by atoms with Gasteiger partial charge in [0.1, 0.15) is 5.75 Å². The lowest BCUT2D eigenvalue weighted by Gasteiger charge is -2.30. The summed E-state index contributed by atoms with van der Waals surface area (Å²) in [5, 5.41) is 4.35. The van der Waals surface area contributed by atoms with Crippen molar-refractivity contribution in [3.63, 3.8) is 0 Å². The second kappa shape index (κ2) is 6.33. The summed E-state index contributed by atoms with van der Waals surface area (Å²) in [5.74, 6) is 1.74. The molecule has 0 aromatic heterocycles. The molecule has 1 saturated carbocycles. The SMILES string of the molecule is CCC1CCCC(Nc2cc(Cl)ccc2OC)C1. The number of ether oxygens (including phenoxy) is 1. The van der Waals surface area contributed by atoms with Crippen LogP contribution in [0.3, 0.4) is 0 Å². The topological polar surface area (TPSA) is 21.3 Å². The first-order valence-corrected chi connectivity index (χ1v) is 7.20. The van der Waals surface area contributed by atoms with Crippen LogP contribution < -0.4 is 10.1 Å². The fourth-order valence-electron chi connectivity index (χ4n) is 2.81. The Hall–Kier alpha value is -0.890. The first-order chi connectivity index (χ1) is 8.72. The summed E-state index contributed by atoms with van der Waals surface area (Å²) in [6, 6.07) is 6.29. The molecular weight excluding hydrogens is 246 g/mol. The largest absolute Gasteiger partial charge is 0.495 e. The maximum absolute atomic E-state index is 6.05. The average Bonchev–Trinajstić information content (AvgIpc) is 2.39. The van der Waals surface area contributed by atoms with Crippen molar-refractivity contribution in [2.75, 3.05) is 12.4 Å². The van der Waals surface area contributed by atoms with Gasteiger partial charge in [-0.05, 0) is 37.0 Å². The van der Waals surface area contributed by atoms with Crippen molar-refractivity contribution < 1.29 is 4.74 Å². The van der Waals surface area contributed by atoms with E-state index in [0.29, 0.717) is 6.04 Å². The van der Waals surface area contributed by atoms with Crippen LogP contribution in [0.2, 0.25) is 5.02 Å². The Morgan fingerprint density at radius 2 is 2.22 bits per heavy atom. The summed E-state index contributed by atoms with van der Waals surface area (Å²) in [6.45, 7) is 2.28. The van der Waals surface area contributed by atoms with Crippen molar-refractivity contribution in [2.45, 2.75) is 45.1 Å². The molecule has 1 aromatic rings. The predicted octanol–water partition coefficient (Wildman–Crippen LogP) is 4.73. The summed E-state index contributed by atoms with van der Waals surface area (Å²) < 4.78 is 5.37. The van der Waals surface area contributed by atoms with Crippen molar-refractivity contribution >= 4 is 17.3 Å². The molecule has 1 N–H and O–H groups in total. The van der Waals surface area contributed by atoms with Crippen LogP contribution in [-0.2, 0) is 0 Å². The second-order valence-electron chi connectivity index (χ2n) is 5.13. The molecule has 0 aliphatic heterocycles. The Morgan fingerprint density at radius 3 is 2.94 bits per heavy atom. The molecule has 3 heteroatoms. The standard InChI is InChI=1S/C15H22ClNO/c1-3-11-5-4-6-13(9-11)17-14-10-12(16)7-8-15(14)18-2/h7-8,10-11,13,17H,3-6,9H2,1-2H3. The van der Waals surface area contributed by atoms with Crippen molar-refractivity contribution in [1.82, 2.24) is 0 Å². The van der Waals surface area contributed by atoms with E-state index in [2.05, 4.69) is 12.2 Å². The monoisotopic (exact) mass is 267 g/mol. The van der Waals surface area contributed by atoms with Gasteiger partial charge in [0.25, 0.3) is 0 Å². The summed E-state index contributed by atoms with van der Waals surface area (Å²) >= 11 is 6.05. The summed E-state index contributed by atoms with van der Waals surface area (Å²) in [7, 11) is 1.70. The van der Waals surface area contributed by atoms with E-state index in [4.69, 9.17) is 16.3 Å². The minimum Gasteiger partial charge on any atom is -0.495 e. The van der Waals surface area contributed by atoms with Crippen LogP contribution in [0.1, 0.15) is 39.0 Å². The number of hydrogen-bond acceptors (Lipinski definition) is 2. The van der Waals surface area contributed by atoms with Crippen LogP contribution in [0.5, 0.6) is 5.75 Å². The van der Waals surface area contributed by atoms with Crippen LogP contribution in [0, 0.1) is 5.92 Å². The van der Waals surface area contributed by atoms with E-state index >= 15 is 0 Å². The van der Waals surface area contributed by atoms with E-state index in [9.17, 15) is 0 Å². The fraction of sp³-hybridized carbons (Fsp3) is 0.600. The van der Waals surface area contributed by atoms with Gasteiger partial charge in [0.05, 0.1) is 12.8 Å². The molecule has 0 bridgehead atoms. The minimum atomic E-state index is 0.552. The number of anilines is 1. The zero-order valence-corrected chi connectivity index (χ0v) is 12.0. The second-order valence-corrected chi connectivity index (χ2v) is 5.56. The van der Waals surface area contributed by atoms with Gasteiger partial charge in [-0.3, -0.25) is 0 Å². The quantitative estimate of drug-likeness (QED) is 0.852. The number of nitrogens with one attached hydrogen (secondary N) is 1. The Kier molecular flexibility index (Phi) is 4.76. The van der Waals surface area contributed by atoms with Gasteiger partial charge in [-0.25, -0.2) is 0 Å². The Balaban J connectivity index is 2.06. The van der Waals surface area contributed by atoms with E-state index in [1.54, 1.807) is 7.11 Å². The third kappa shape index (κ3) is 3.32. The Morgan fingerprint density at radius 1 is 1.39 bits per heavy atom. The maximum atomic E-state index is 6.05. The first kappa shape index (κ1) is 13.5. The predicted molar refractivity (Wildman–Crippen MR) is 77.7 cm³/mol. The molecule has 0 radical (unpaired) electrons. The maximum Gasteiger partial charge on any atom is 0.142 e. The highest BCUT2D eigenvalue weighted by Crippen LogP contribution is 2.33. The molecule has 1 aliphatic rings. The van der Waals surface area contributed by atoms with Crippen LogP contribution >= 0.6 is 11.6 Å². The third-order valence-electron chi connectivity index (χ3n) is 3.88. The number of hydrogen-bond donors (Lipinski definition) is 1. The van der Waals surface area contributed by atoms with E-state index in [1.165, 1.54) is 32.1 Å². The smallest absolute Gasteiger partial charge is 0.142 e. The van der Waals surface area contributed by atoms with Gasteiger partial charge < -0.3 is 10.1 Å². The van der Waals surface area contributed by atoms with E-state index in [-0.39, 0.29) is 0 Å². The molecule has 0 heterocycles. The van der Waals surface area contributed by atoms with Gasteiger partial charge in [-0.1, -0.05) is 37.8 Å². The van der Waals surface area contributed by atoms with Crippen molar-refractivity contribution in [3.8, 4) is 5.75 Å². The van der Waals surface area contributed by atoms with Gasteiger partial charge >= 0.3 is 0 Å². The normalized spacial score (nSPS) is 23.7. The van der Waals surface area contributed by atoms with Crippen molar-refractivity contribution in [2.24, 2.45) is 5.92 Å². The highest BCUT2D eigenvalue weighted by atomic mass is 35.5. The molecule has 18 heavy (non-hydrogen) atoms. The molecule has 1 fully saturated rings. The average molecular weight is 268 g/mol. The molecule has 1 aromatic carbocycles. The third-order valence-corrected chi connectivity index (χ3v) is 4.12. The van der Waals surface area contributed by atoms with Crippen LogP contribution in [0.4, 0.5) is 5.69 Å². The van der Waals surface area contributed by atoms with Crippen molar-refractivity contribution in [1.29, 1.82) is 0 Å². The fourth-order valence-corrected chi connectivity index (χ4v) is 2.98. The lowest BCUT2D eigenvalue weighted by Crippen LogP contribution is -2.27. The van der Waals surface area contributed by atoms with E-state index in [0.717, 1.165) is 22.4 Å². The molecule has 100 valence electrons. The lowest BCUT2D eigenvalue weighted by atomic mass is 9.84. The molecule has 2 rings (SSSR count). The van der Waals surface area contributed by atoms with Gasteiger partial charge in [-0.15, -0.1) is 0 Å². The summed E-state index contributed by atoms with van der Waals surface area (Å²) in [6.07, 6.45) is 6.48. The molecule has 2 atom stereocenters. The first-order valence-electron chi connectivity index (χ1n) is 6.83. The Labute approximate surface area is 115 Å². The molecular formula is C15H22ClNO. The van der Waals surface area contributed by atoms with Gasteiger partial charge in [-0.2, -0.15) is 0 Å². The number of methoxy groups -OCH3 is 1. The van der Waals surface area contributed by atoms with Crippen LogP contribution in [0.15, 0.2) is 18.2 Å². The number of halogens is 1. The van der Waals surface area contributed by atoms with Gasteiger partial charge in [0, 0.05) is 11.1 Å². The molecule has 0 amide bonds. The molecule has 2 nitrogen and oxygen atoms in total. The van der Waals surface area contributed by atoms with Crippen LogP contribution in [0.25, 0.3) is 0 Å². The lowest BCUT2D eigenvalue weighted by molar-refractivity contribution is 0.326. The van der Waals surface area contributed by atoms with Gasteiger partial charge in [0.2, 0.25) is 0 Å². The molecule has 1 aliphatic carbocycles. The Bertz CT molecular complexity index is 394. The highest BCUT2D eigenvalue weighted by Gasteiger charge is 2.21. The number of rotatable bonds is 4. The molecule has 0 spiro atoms. The summed E-state index contributed by atoms with van der Waals surface area (Å²) in [5.41, 5.74) is 1.02. The molecule has 2 unspecified atom stereocenters. The number of benzene rings is 1. The van der Waals surface area contributed by atoms with Crippen LogP contribution in [-0.4, -0.2) is 13.2 Å². The zero-order valence-electron chi connectivity index (χ0n) is 11.2. The molecule has 0 saturated heterocycles. The van der Waals surface area contributed by atoms with E-state index in [1.807, 2.05) is 18.2 Å². The summed E-state index contributed by atoms with van der Waals surface area (Å²) in [4.78, 5) is 0. The zero-order chi connectivity index (χ0) is 13.0. The van der Waals surface area contributed by atoms with Crippen molar-refractivity contribution in [3.05, 3.63) is 23.2 Å².